The number of hydrogen-bond donors (Lipinski definition) is 0. The number of halogens is 3. The smallest absolute Gasteiger partial charge is 0.425 e. The van der Waals surface area contributed by atoms with E-state index < -0.39 is 46.5 Å². The van der Waals surface area contributed by atoms with Gasteiger partial charge in [-0.1, -0.05) is 13.8 Å². The molecule has 0 N–H and O–H groups in total. The van der Waals surface area contributed by atoms with Crippen LogP contribution in [0.1, 0.15) is 20.3 Å². The molecular weight excluding hydrogens is 265 g/mol. The van der Waals surface area contributed by atoms with Crippen molar-refractivity contribution in [2.45, 2.75) is 32.5 Å². The molecule has 0 aromatic rings. The minimum Gasteiger partial charge on any atom is -0.748 e. The summed E-state index contributed by atoms with van der Waals surface area (Å²) in [5.74, 6) is -3.86. The van der Waals surface area contributed by atoms with Gasteiger partial charge in [0.15, 0.2) is 6.10 Å². The zero-order chi connectivity index (χ0) is 13.9. The Hall–Kier alpha value is -0.830. The summed E-state index contributed by atoms with van der Waals surface area (Å²) >= 11 is 0. The lowest BCUT2D eigenvalue weighted by molar-refractivity contribution is -0.223. The van der Waals surface area contributed by atoms with E-state index in [0.717, 1.165) is 6.92 Å². The molecule has 0 amide bonds. The van der Waals surface area contributed by atoms with Gasteiger partial charge in [0.1, 0.15) is 0 Å². The number of ether oxygens (including phenoxy) is 1. The molecule has 2 atom stereocenters. The van der Waals surface area contributed by atoms with Gasteiger partial charge in [-0.15, -0.1) is 0 Å². The van der Waals surface area contributed by atoms with Gasteiger partial charge >= 0.3 is 12.1 Å². The summed E-state index contributed by atoms with van der Waals surface area (Å²) in [6.45, 7) is 2.18. The molecule has 9 heteroatoms. The van der Waals surface area contributed by atoms with Gasteiger partial charge in [-0.05, 0) is 6.42 Å². The molecular formula is C8H12F3O5S-. The van der Waals surface area contributed by atoms with Crippen LogP contribution >= 0.6 is 0 Å². The Morgan fingerprint density at radius 3 is 2.18 bits per heavy atom. The second kappa shape index (κ2) is 5.67. The van der Waals surface area contributed by atoms with Crippen LogP contribution in [0, 0.1) is 5.92 Å². The zero-order valence-corrected chi connectivity index (χ0v) is 9.97. The highest BCUT2D eigenvalue weighted by molar-refractivity contribution is 7.85. The van der Waals surface area contributed by atoms with Gasteiger partial charge in [0.05, 0.1) is 21.8 Å². The molecule has 5 nitrogen and oxygen atoms in total. The van der Waals surface area contributed by atoms with E-state index in [4.69, 9.17) is 0 Å². The number of carbonyl (C=O) groups is 1. The van der Waals surface area contributed by atoms with Crippen LogP contribution < -0.4 is 0 Å². The summed E-state index contributed by atoms with van der Waals surface area (Å²) in [6.07, 6.45) is -7.47. The number of esters is 1. The maximum atomic E-state index is 12.2. The van der Waals surface area contributed by atoms with Gasteiger partial charge < -0.3 is 9.29 Å². The zero-order valence-electron chi connectivity index (χ0n) is 9.15. The first kappa shape index (κ1) is 16.2. The molecule has 0 aliphatic heterocycles. The average molecular weight is 277 g/mol. The van der Waals surface area contributed by atoms with E-state index in [9.17, 15) is 30.9 Å². The second-order valence-electron chi connectivity index (χ2n) is 3.50. The minimum atomic E-state index is -4.71. The lowest BCUT2D eigenvalue weighted by Crippen LogP contribution is -2.36. The van der Waals surface area contributed by atoms with Crippen molar-refractivity contribution in [2.75, 3.05) is 5.75 Å². The third kappa shape index (κ3) is 6.47. The summed E-state index contributed by atoms with van der Waals surface area (Å²) in [6, 6.07) is 0. The Bertz CT molecular complexity index is 362. The molecule has 102 valence electrons. The van der Waals surface area contributed by atoms with E-state index in [1.807, 2.05) is 0 Å². The van der Waals surface area contributed by atoms with E-state index in [0.29, 0.717) is 0 Å². The van der Waals surface area contributed by atoms with Crippen LogP contribution in [-0.2, 0) is 19.6 Å². The largest absolute Gasteiger partial charge is 0.748 e. The van der Waals surface area contributed by atoms with E-state index in [1.165, 1.54) is 6.92 Å². The molecule has 0 bridgehead atoms. The number of hydrogen-bond acceptors (Lipinski definition) is 5. The third-order valence-corrected chi connectivity index (χ3v) is 2.76. The second-order valence-corrected chi connectivity index (χ2v) is 4.95. The summed E-state index contributed by atoms with van der Waals surface area (Å²) in [5, 5.41) is 0. The summed E-state index contributed by atoms with van der Waals surface area (Å²) < 4.78 is 71.7. The maximum Gasteiger partial charge on any atom is 0.425 e. The van der Waals surface area contributed by atoms with Crippen LogP contribution in [0.5, 0.6) is 0 Å². The molecule has 0 saturated heterocycles. The van der Waals surface area contributed by atoms with Crippen LogP contribution in [0.2, 0.25) is 0 Å². The number of rotatable bonds is 5. The molecule has 0 aromatic heterocycles. The fourth-order valence-electron chi connectivity index (χ4n) is 1.01. The molecule has 0 saturated carbocycles. The van der Waals surface area contributed by atoms with Gasteiger partial charge in [0, 0.05) is 0 Å². The quantitative estimate of drug-likeness (QED) is 0.554. The molecule has 0 spiro atoms. The average Bonchev–Trinajstić information content (AvgIpc) is 2.08. The molecule has 0 radical (unpaired) electrons. The Morgan fingerprint density at radius 1 is 1.41 bits per heavy atom. The summed E-state index contributed by atoms with van der Waals surface area (Å²) in [5.41, 5.74) is 0. The van der Waals surface area contributed by atoms with Crippen molar-refractivity contribution in [2.24, 2.45) is 5.92 Å². The fraction of sp³-hybridized carbons (Fsp3) is 0.875. The van der Waals surface area contributed by atoms with Gasteiger partial charge in [-0.25, -0.2) is 8.42 Å². The first-order valence-corrected chi connectivity index (χ1v) is 6.26. The van der Waals surface area contributed by atoms with Gasteiger partial charge in [-0.2, -0.15) is 13.2 Å². The van der Waals surface area contributed by atoms with E-state index >= 15 is 0 Å². The Morgan fingerprint density at radius 2 is 1.88 bits per heavy atom. The molecule has 0 aliphatic carbocycles. The normalized spacial score (nSPS) is 16.4. The molecule has 0 aliphatic rings. The predicted octanol–water partition coefficient (Wildman–Crippen LogP) is 1.05. The van der Waals surface area contributed by atoms with Crippen molar-refractivity contribution in [3.05, 3.63) is 0 Å². The summed E-state index contributed by atoms with van der Waals surface area (Å²) in [4.78, 5) is 11.1. The van der Waals surface area contributed by atoms with Crippen LogP contribution in [0.15, 0.2) is 0 Å². The Balaban J connectivity index is 4.53. The van der Waals surface area contributed by atoms with Crippen molar-refractivity contribution in [1.82, 2.24) is 0 Å². The van der Waals surface area contributed by atoms with E-state index in [-0.39, 0.29) is 0 Å². The van der Waals surface area contributed by atoms with Gasteiger partial charge in [-0.3, -0.25) is 4.79 Å². The SMILES string of the molecule is CCC(OC(=O)C(C)CS(=O)(=O)[O-])C(F)(F)F. The first-order valence-electron chi connectivity index (χ1n) is 4.68. The standard InChI is InChI=1S/C8H13F3O5S/c1-3-6(8(9,10)11)16-7(12)5(2)4-17(13,14)15/h5-6H,3-4H2,1-2H3,(H,13,14,15)/p-1. The molecule has 0 rings (SSSR count). The number of alkyl halides is 3. The molecule has 2 unspecified atom stereocenters. The highest BCUT2D eigenvalue weighted by Gasteiger charge is 2.42. The van der Waals surface area contributed by atoms with E-state index in [1.54, 1.807) is 0 Å². The monoisotopic (exact) mass is 277 g/mol. The third-order valence-electron chi connectivity index (χ3n) is 1.85. The lowest BCUT2D eigenvalue weighted by atomic mass is 10.2. The van der Waals surface area contributed by atoms with Gasteiger partial charge in [0.25, 0.3) is 0 Å². The number of carbonyl (C=O) groups excluding carboxylic acids is 1. The lowest BCUT2D eigenvalue weighted by Gasteiger charge is -2.21. The summed E-state index contributed by atoms with van der Waals surface area (Å²) in [7, 11) is -4.68. The first-order chi connectivity index (χ1) is 7.47. The van der Waals surface area contributed by atoms with Crippen molar-refractivity contribution < 1.29 is 35.7 Å². The van der Waals surface area contributed by atoms with Crippen LogP contribution in [0.25, 0.3) is 0 Å². The van der Waals surface area contributed by atoms with Crippen LogP contribution in [0.4, 0.5) is 13.2 Å². The molecule has 17 heavy (non-hydrogen) atoms. The molecule has 0 heterocycles. The Kier molecular flexibility index (Phi) is 5.40. The van der Waals surface area contributed by atoms with Crippen LogP contribution in [-0.4, -0.2) is 37.0 Å². The highest BCUT2D eigenvalue weighted by Crippen LogP contribution is 2.26. The van der Waals surface area contributed by atoms with Crippen molar-refractivity contribution in [3.63, 3.8) is 0 Å². The molecule has 0 fully saturated rings. The van der Waals surface area contributed by atoms with Crippen molar-refractivity contribution >= 4 is 16.1 Å². The van der Waals surface area contributed by atoms with E-state index in [2.05, 4.69) is 4.74 Å². The molecule has 0 aromatic carbocycles. The minimum absolute atomic E-state index is 0.480. The van der Waals surface area contributed by atoms with Crippen molar-refractivity contribution in [1.29, 1.82) is 0 Å². The topological polar surface area (TPSA) is 83.5 Å². The highest BCUT2D eigenvalue weighted by atomic mass is 32.2. The van der Waals surface area contributed by atoms with Crippen molar-refractivity contribution in [3.8, 4) is 0 Å². The Labute approximate surface area is 96.7 Å². The predicted molar refractivity (Wildman–Crippen MR) is 50.0 cm³/mol. The van der Waals surface area contributed by atoms with Crippen LogP contribution in [0.3, 0.4) is 0 Å². The van der Waals surface area contributed by atoms with Gasteiger partial charge in [0.2, 0.25) is 0 Å². The fourth-order valence-corrected chi connectivity index (χ4v) is 1.76. The maximum absolute atomic E-state index is 12.2.